The summed E-state index contributed by atoms with van der Waals surface area (Å²) in [4.78, 5) is 2.39. The van der Waals surface area contributed by atoms with Crippen molar-refractivity contribution in [2.24, 2.45) is 0 Å². The molecule has 0 bridgehead atoms. The zero-order chi connectivity index (χ0) is 16.4. The van der Waals surface area contributed by atoms with Crippen LogP contribution in [-0.4, -0.2) is 35.7 Å². The number of aliphatic hydroxyl groups excluding tert-OH is 1. The van der Waals surface area contributed by atoms with Crippen LogP contribution in [0.4, 0.5) is 0 Å². The summed E-state index contributed by atoms with van der Waals surface area (Å²) >= 11 is 0. The molecule has 0 aliphatic rings. The Bertz CT molecular complexity index is 381. The number of ether oxygens (including phenoxy) is 1. The Morgan fingerprint density at radius 3 is 2.00 bits per heavy atom. The van der Waals surface area contributed by atoms with E-state index >= 15 is 0 Å². The van der Waals surface area contributed by atoms with Crippen molar-refractivity contribution in [3.8, 4) is 5.75 Å². The summed E-state index contributed by atoms with van der Waals surface area (Å²) < 4.78 is 5.64. The van der Waals surface area contributed by atoms with Gasteiger partial charge in [-0.1, -0.05) is 38.8 Å². The van der Waals surface area contributed by atoms with Crippen LogP contribution in [0.25, 0.3) is 0 Å². The van der Waals surface area contributed by atoms with Crippen molar-refractivity contribution in [1.29, 1.82) is 0 Å². The lowest BCUT2D eigenvalue weighted by atomic mass is 10.1. The third kappa shape index (κ3) is 7.28. The zero-order valence-corrected chi connectivity index (χ0v) is 14.7. The summed E-state index contributed by atoms with van der Waals surface area (Å²) in [7, 11) is 0. The molecule has 0 saturated heterocycles. The number of benzene rings is 1. The maximum Gasteiger partial charge on any atom is 0.119 e. The zero-order valence-electron chi connectivity index (χ0n) is 14.7. The molecule has 1 aromatic carbocycles. The van der Waals surface area contributed by atoms with Gasteiger partial charge in [0.15, 0.2) is 0 Å². The molecule has 0 radical (unpaired) electrons. The summed E-state index contributed by atoms with van der Waals surface area (Å²) in [5.74, 6) is 0.861. The molecule has 0 saturated carbocycles. The predicted molar refractivity (Wildman–Crippen MR) is 93.4 cm³/mol. The quantitative estimate of drug-likeness (QED) is 0.657. The summed E-state index contributed by atoms with van der Waals surface area (Å²) in [5.41, 5.74) is 0.967. The monoisotopic (exact) mass is 307 g/mol. The van der Waals surface area contributed by atoms with Crippen LogP contribution in [0.2, 0.25) is 0 Å². The minimum Gasteiger partial charge on any atom is -0.491 e. The number of hydrogen-bond donors (Lipinski definition) is 1. The van der Waals surface area contributed by atoms with Crippen molar-refractivity contribution in [3.05, 3.63) is 29.8 Å². The van der Waals surface area contributed by atoms with Crippen molar-refractivity contribution < 1.29 is 9.84 Å². The Hall–Kier alpha value is -1.06. The van der Waals surface area contributed by atoms with Gasteiger partial charge in [0.1, 0.15) is 5.75 Å². The van der Waals surface area contributed by atoms with E-state index in [1.54, 1.807) is 0 Å². The van der Waals surface area contributed by atoms with E-state index in [-0.39, 0.29) is 6.10 Å². The van der Waals surface area contributed by atoms with Gasteiger partial charge in [0, 0.05) is 6.54 Å². The molecule has 1 rings (SSSR count). The number of hydrogen-bond acceptors (Lipinski definition) is 3. The Kier molecular flexibility index (Phi) is 9.17. The topological polar surface area (TPSA) is 32.7 Å². The van der Waals surface area contributed by atoms with Gasteiger partial charge in [-0.25, -0.2) is 0 Å². The average molecular weight is 307 g/mol. The molecule has 1 atom stereocenters. The van der Waals surface area contributed by atoms with Gasteiger partial charge < -0.3 is 14.7 Å². The van der Waals surface area contributed by atoms with Gasteiger partial charge in [-0.15, -0.1) is 0 Å². The molecular weight excluding hydrogens is 274 g/mol. The predicted octanol–water partition coefficient (Wildman–Crippen LogP) is 4.41. The highest BCUT2D eigenvalue weighted by molar-refractivity contribution is 5.28. The lowest BCUT2D eigenvalue weighted by Crippen LogP contribution is -2.30. The molecule has 22 heavy (non-hydrogen) atoms. The van der Waals surface area contributed by atoms with Gasteiger partial charge in [-0.2, -0.15) is 0 Å². The van der Waals surface area contributed by atoms with E-state index in [0.717, 1.165) is 24.4 Å². The maximum atomic E-state index is 10.5. The molecule has 0 heterocycles. The smallest absolute Gasteiger partial charge is 0.119 e. The highest BCUT2D eigenvalue weighted by Gasteiger charge is 2.13. The van der Waals surface area contributed by atoms with Crippen molar-refractivity contribution >= 4 is 0 Å². The number of rotatable bonds is 11. The molecule has 0 aliphatic carbocycles. The first kappa shape index (κ1) is 19.0. The summed E-state index contributed by atoms with van der Waals surface area (Å²) in [6.07, 6.45) is 4.52. The summed E-state index contributed by atoms with van der Waals surface area (Å²) in [6, 6.07) is 7.84. The van der Waals surface area contributed by atoms with Crippen LogP contribution in [0.3, 0.4) is 0 Å². The summed E-state index contributed by atoms with van der Waals surface area (Å²) in [6.45, 7) is 11.3. The first-order chi connectivity index (χ1) is 10.6. The first-order valence-electron chi connectivity index (χ1n) is 8.73. The number of nitrogens with zero attached hydrogens (tertiary/aromatic N) is 1. The van der Waals surface area contributed by atoms with Crippen molar-refractivity contribution in [2.75, 3.05) is 19.6 Å². The van der Waals surface area contributed by atoms with Gasteiger partial charge in [0.05, 0.1) is 12.2 Å². The second-order valence-corrected chi connectivity index (χ2v) is 6.26. The van der Waals surface area contributed by atoms with Crippen LogP contribution in [-0.2, 0) is 0 Å². The van der Waals surface area contributed by atoms with Crippen LogP contribution in [0, 0.1) is 0 Å². The largest absolute Gasteiger partial charge is 0.491 e. The molecule has 0 amide bonds. The molecule has 0 aromatic heterocycles. The second-order valence-electron chi connectivity index (χ2n) is 6.26. The van der Waals surface area contributed by atoms with Gasteiger partial charge in [-0.05, 0) is 57.5 Å². The van der Waals surface area contributed by atoms with E-state index in [4.69, 9.17) is 4.74 Å². The fraction of sp³-hybridized carbons (Fsp3) is 0.684. The van der Waals surface area contributed by atoms with Gasteiger partial charge in [0.25, 0.3) is 0 Å². The van der Waals surface area contributed by atoms with Crippen molar-refractivity contribution in [3.63, 3.8) is 0 Å². The molecule has 3 nitrogen and oxygen atoms in total. The Balaban J connectivity index is 2.57. The molecule has 1 unspecified atom stereocenters. The summed E-state index contributed by atoms with van der Waals surface area (Å²) in [5, 5.41) is 10.5. The molecular formula is C19H33NO2. The lowest BCUT2D eigenvalue weighted by molar-refractivity contribution is 0.111. The minimum atomic E-state index is -0.429. The van der Waals surface area contributed by atoms with Crippen molar-refractivity contribution in [1.82, 2.24) is 4.90 Å². The third-order valence-electron chi connectivity index (χ3n) is 3.72. The van der Waals surface area contributed by atoms with E-state index < -0.39 is 6.10 Å². The van der Waals surface area contributed by atoms with E-state index in [1.165, 1.54) is 25.7 Å². The van der Waals surface area contributed by atoms with E-state index in [1.807, 2.05) is 38.1 Å². The average Bonchev–Trinajstić information content (AvgIpc) is 2.50. The first-order valence-corrected chi connectivity index (χ1v) is 8.73. The van der Waals surface area contributed by atoms with Crippen molar-refractivity contribution in [2.45, 2.75) is 65.6 Å². The van der Waals surface area contributed by atoms with Gasteiger partial charge in [0.2, 0.25) is 0 Å². The Labute approximate surface area is 136 Å². The maximum absolute atomic E-state index is 10.5. The number of unbranched alkanes of at least 4 members (excludes halogenated alkanes) is 2. The van der Waals surface area contributed by atoms with Crippen LogP contribution in [0.5, 0.6) is 5.75 Å². The molecule has 0 aliphatic heterocycles. The highest BCUT2D eigenvalue weighted by atomic mass is 16.5. The second kappa shape index (κ2) is 10.6. The molecule has 126 valence electrons. The molecule has 0 fully saturated rings. The minimum absolute atomic E-state index is 0.175. The molecule has 3 heteroatoms. The molecule has 1 aromatic rings. The van der Waals surface area contributed by atoms with Crippen LogP contribution in [0.15, 0.2) is 24.3 Å². The van der Waals surface area contributed by atoms with Crippen LogP contribution >= 0.6 is 0 Å². The number of aliphatic hydroxyl groups is 1. The van der Waals surface area contributed by atoms with Crippen LogP contribution in [0.1, 0.15) is 65.0 Å². The fourth-order valence-corrected chi connectivity index (χ4v) is 2.45. The van der Waals surface area contributed by atoms with Gasteiger partial charge in [-0.3, -0.25) is 0 Å². The molecule has 1 N–H and O–H groups in total. The lowest BCUT2D eigenvalue weighted by Gasteiger charge is -2.25. The van der Waals surface area contributed by atoms with E-state index in [0.29, 0.717) is 6.54 Å². The SMILES string of the molecule is CCCCN(CCCC)CC(O)c1ccc(OC(C)C)cc1. The molecule has 0 spiro atoms. The van der Waals surface area contributed by atoms with E-state index in [9.17, 15) is 5.11 Å². The Morgan fingerprint density at radius 1 is 1.00 bits per heavy atom. The third-order valence-corrected chi connectivity index (χ3v) is 3.72. The Morgan fingerprint density at radius 2 is 1.55 bits per heavy atom. The highest BCUT2D eigenvalue weighted by Crippen LogP contribution is 2.20. The van der Waals surface area contributed by atoms with Gasteiger partial charge >= 0.3 is 0 Å². The van der Waals surface area contributed by atoms with E-state index in [2.05, 4.69) is 18.7 Å². The fourth-order valence-electron chi connectivity index (χ4n) is 2.45. The normalized spacial score (nSPS) is 12.9. The van der Waals surface area contributed by atoms with Crippen LogP contribution < -0.4 is 4.74 Å². The standard InChI is InChI=1S/C19H33NO2/c1-5-7-13-20(14-8-6-2)15-19(21)17-9-11-18(12-10-17)22-16(3)4/h9-12,16,19,21H,5-8,13-15H2,1-4H3.